The Balaban J connectivity index is 2.55. The number of rotatable bonds is 4. The van der Waals surface area contributed by atoms with Gasteiger partial charge in [-0.25, -0.2) is 0 Å². The summed E-state index contributed by atoms with van der Waals surface area (Å²) in [6, 6.07) is 8.96. The Kier molecular flexibility index (Phi) is 4.12. The van der Waals surface area contributed by atoms with Gasteiger partial charge >= 0.3 is 5.69 Å². The van der Waals surface area contributed by atoms with E-state index in [0.717, 1.165) is 16.7 Å². The standard InChI is InChI=1S/C16H18N2O3/c1-10-8-9-11(2)16(12(10)3)21-14-7-5-6-13(17-4)15(14)18(19)20/h5-9,17H,1-4H3. The average Bonchev–Trinajstić information content (AvgIpc) is 2.47. The highest BCUT2D eigenvalue weighted by atomic mass is 16.6. The third kappa shape index (κ3) is 2.81. The van der Waals surface area contributed by atoms with Crippen LogP contribution in [0.3, 0.4) is 0 Å². The smallest absolute Gasteiger partial charge is 0.334 e. The van der Waals surface area contributed by atoms with Crippen molar-refractivity contribution in [2.75, 3.05) is 12.4 Å². The van der Waals surface area contributed by atoms with Crippen molar-refractivity contribution in [1.82, 2.24) is 0 Å². The number of benzene rings is 2. The summed E-state index contributed by atoms with van der Waals surface area (Å²) in [6.45, 7) is 5.86. The number of para-hydroxylation sites is 1. The van der Waals surface area contributed by atoms with Crippen LogP contribution in [-0.4, -0.2) is 12.0 Å². The van der Waals surface area contributed by atoms with E-state index in [9.17, 15) is 10.1 Å². The van der Waals surface area contributed by atoms with Gasteiger partial charge in [0.1, 0.15) is 11.4 Å². The van der Waals surface area contributed by atoms with Crippen molar-refractivity contribution in [3.8, 4) is 11.5 Å². The number of ether oxygens (including phenoxy) is 1. The van der Waals surface area contributed by atoms with E-state index in [0.29, 0.717) is 11.4 Å². The fraction of sp³-hybridized carbons (Fsp3) is 0.250. The van der Waals surface area contributed by atoms with Crippen molar-refractivity contribution in [2.45, 2.75) is 20.8 Å². The van der Waals surface area contributed by atoms with Crippen molar-refractivity contribution in [1.29, 1.82) is 0 Å². The fourth-order valence-corrected chi connectivity index (χ4v) is 2.19. The van der Waals surface area contributed by atoms with Gasteiger partial charge in [-0.05, 0) is 49.6 Å². The van der Waals surface area contributed by atoms with E-state index in [1.54, 1.807) is 25.2 Å². The molecular formula is C16H18N2O3. The van der Waals surface area contributed by atoms with Crippen LogP contribution < -0.4 is 10.1 Å². The summed E-state index contributed by atoms with van der Waals surface area (Å²) in [4.78, 5) is 10.9. The Morgan fingerprint density at radius 2 is 1.76 bits per heavy atom. The van der Waals surface area contributed by atoms with Crippen LogP contribution in [0.1, 0.15) is 16.7 Å². The summed E-state index contributed by atoms with van der Waals surface area (Å²) in [7, 11) is 1.65. The van der Waals surface area contributed by atoms with Gasteiger partial charge in [0.05, 0.1) is 4.92 Å². The van der Waals surface area contributed by atoms with E-state index < -0.39 is 4.92 Å². The Morgan fingerprint density at radius 3 is 2.38 bits per heavy atom. The summed E-state index contributed by atoms with van der Waals surface area (Å²) in [5.74, 6) is 0.912. The zero-order chi connectivity index (χ0) is 15.6. The molecule has 110 valence electrons. The lowest BCUT2D eigenvalue weighted by atomic mass is 10.1. The van der Waals surface area contributed by atoms with Crippen LogP contribution in [0.25, 0.3) is 0 Å². The lowest BCUT2D eigenvalue weighted by molar-refractivity contribution is -0.384. The maximum Gasteiger partial charge on any atom is 0.334 e. The van der Waals surface area contributed by atoms with Crippen LogP contribution in [0.15, 0.2) is 30.3 Å². The second-order valence-electron chi connectivity index (χ2n) is 4.91. The number of nitro benzene ring substituents is 1. The molecule has 0 heterocycles. The lowest BCUT2D eigenvalue weighted by Gasteiger charge is -2.14. The van der Waals surface area contributed by atoms with Gasteiger partial charge in [-0.1, -0.05) is 18.2 Å². The normalized spacial score (nSPS) is 10.3. The van der Waals surface area contributed by atoms with Crippen LogP contribution in [0.4, 0.5) is 11.4 Å². The van der Waals surface area contributed by atoms with Gasteiger partial charge in [0.2, 0.25) is 5.75 Å². The molecule has 0 unspecified atom stereocenters. The van der Waals surface area contributed by atoms with Crippen LogP contribution in [0.5, 0.6) is 11.5 Å². The lowest BCUT2D eigenvalue weighted by Crippen LogP contribution is -2.00. The van der Waals surface area contributed by atoms with E-state index in [-0.39, 0.29) is 11.4 Å². The molecule has 0 spiro atoms. The van der Waals surface area contributed by atoms with Crippen LogP contribution >= 0.6 is 0 Å². The largest absolute Gasteiger partial charge is 0.449 e. The maximum absolute atomic E-state index is 11.3. The zero-order valence-corrected chi connectivity index (χ0v) is 12.6. The Hall–Kier alpha value is -2.56. The fourth-order valence-electron chi connectivity index (χ4n) is 2.19. The molecule has 5 heteroatoms. The van der Waals surface area contributed by atoms with Gasteiger partial charge in [-0.2, -0.15) is 0 Å². The molecule has 0 aliphatic carbocycles. The number of anilines is 1. The van der Waals surface area contributed by atoms with Gasteiger partial charge in [-0.15, -0.1) is 0 Å². The van der Waals surface area contributed by atoms with E-state index in [1.807, 2.05) is 32.9 Å². The second-order valence-corrected chi connectivity index (χ2v) is 4.91. The zero-order valence-electron chi connectivity index (χ0n) is 12.6. The highest BCUT2D eigenvalue weighted by Crippen LogP contribution is 2.39. The second kappa shape index (κ2) is 5.83. The van der Waals surface area contributed by atoms with E-state index in [4.69, 9.17) is 4.74 Å². The minimum Gasteiger partial charge on any atom is -0.449 e. The third-order valence-electron chi connectivity index (χ3n) is 3.54. The highest BCUT2D eigenvalue weighted by Gasteiger charge is 2.22. The molecular weight excluding hydrogens is 268 g/mol. The first-order chi connectivity index (χ1) is 9.95. The molecule has 5 nitrogen and oxygen atoms in total. The molecule has 0 aromatic heterocycles. The number of hydrogen-bond acceptors (Lipinski definition) is 4. The molecule has 21 heavy (non-hydrogen) atoms. The summed E-state index contributed by atoms with van der Waals surface area (Å²) < 4.78 is 5.87. The Bertz CT molecular complexity index is 696. The number of aryl methyl sites for hydroxylation is 2. The minimum absolute atomic E-state index is 0.0553. The predicted octanol–water partition coefficient (Wildman–Crippen LogP) is 4.35. The first-order valence-corrected chi connectivity index (χ1v) is 6.65. The SMILES string of the molecule is CNc1cccc(Oc2c(C)ccc(C)c2C)c1[N+](=O)[O-]. The molecule has 0 aliphatic rings. The molecule has 0 saturated heterocycles. The maximum atomic E-state index is 11.3. The van der Waals surface area contributed by atoms with Crippen LogP contribution in [0, 0.1) is 30.9 Å². The van der Waals surface area contributed by atoms with Gasteiger partial charge < -0.3 is 10.1 Å². The molecule has 0 amide bonds. The summed E-state index contributed by atoms with van der Waals surface area (Å²) >= 11 is 0. The number of nitro groups is 1. The third-order valence-corrected chi connectivity index (χ3v) is 3.54. The number of hydrogen-bond donors (Lipinski definition) is 1. The summed E-state index contributed by atoms with van der Waals surface area (Å²) in [5, 5.41) is 14.1. The minimum atomic E-state index is -0.429. The van der Waals surface area contributed by atoms with Crippen molar-refractivity contribution in [3.05, 3.63) is 57.1 Å². The molecule has 0 aliphatic heterocycles. The molecule has 2 aromatic carbocycles. The van der Waals surface area contributed by atoms with E-state index in [2.05, 4.69) is 5.32 Å². The molecule has 0 bridgehead atoms. The van der Waals surface area contributed by atoms with E-state index >= 15 is 0 Å². The van der Waals surface area contributed by atoms with Gasteiger partial charge in [0.15, 0.2) is 0 Å². The first kappa shape index (κ1) is 14.8. The predicted molar refractivity (Wildman–Crippen MR) is 83.4 cm³/mol. The topological polar surface area (TPSA) is 64.4 Å². The van der Waals surface area contributed by atoms with E-state index in [1.165, 1.54) is 0 Å². The van der Waals surface area contributed by atoms with Crippen molar-refractivity contribution in [2.24, 2.45) is 0 Å². The molecule has 2 aromatic rings. The Labute approximate surface area is 123 Å². The molecule has 0 saturated carbocycles. The monoisotopic (exact) mass is 286 g/mol. The first-order valence-electron chi connectivity index (χ1n) is 6.65. The molecule has 0 fully saturated rings. The quantitative estimate of drug-likeness (QED) is 0.670. The van der Waals surface area contributed by atoms with Gasteiger partial charge in [0.25, 0.3) is 0 Å². The van der Waals surface area contributed by atoms with Gasteiger partial charge in [0, 0.05) is 7.05 Å². The van der Waals surface area contributed by atoms with Gasteiger partial charge in [-0.3, -0.25) is 10.1 Å². The molecule has 0 atom stereocenters. The van der Waals surface area contributed by atoms with Crippen molar-refractivity contribution in [3.63, 3.8) is 0 Å². The Morgan fingerprint density at radius 1 is 1.10 bits per heavy atom. The van der Waals surface area contributed by atoms with Crippen LogP contribution in [0.2, 0.25) is 0 Å². The van der Waals surface area contributed by atoms with Crippen LogP contribution in [-0.2, 0) is 0 Å². The number of nitrogens with zero attached hydrogens (tertiary/aromatic N) is 1. The van der Waals surface area contributed by atoms with Crippen molar-refractivity contribution >= 4 is 11.4 Å². The molecule has 0 radical (unpaired) electrons. The number of nitrogens with one attached hydrogen (secondary N) is 1. The van der Waals surface area contributed by atoms with Crippen molar-refractivity contribution < 1.29 is 9.66 Å². The summed E-state index contributed by atoms with van der Waals surface area (Å²) in [6.07, 6.45) is 0. The molecule has 1 N–H and O–H groups in total. The average molecular weight is 286 g/mol. The highest BCUT2D eigenvalue weighted by molar-refractivity contribution is 5.69. The molecule has 2 rings (SSSR count). The summed E-state index contributed by atoms with van der Waals surface area (Å²) in [5.41, 5.74) is 3.39.